The van der Waals surface area contributed by atoms with Crippen LogP contribution in [0.4, 0.5) is 0 Å². The van der Waals surface area contributed by atoms with Crippen molar-refractivity contribution in [1.82, 2.24) is 3.26 Å². The fraction of sp³-hybridized carbons (Fsp3) is 0.467. The SMILES string of the molecule is CC(C)(C)[NH][Zr]([CH3])([CH3])(=[SiH2])[CH]1C(Br)=Cc2ccccc21.[H-].[H-]. The van der Waals surface area contributed by atoms with Crippen LogP contribution >= 0.6 is 15.9 Å². The summed E-state index contributed by atoms with van der Waals surface area (Å²) in [5, 5.41) is 0. The van der Waals surface area contributed by atoms with Crippen LogP contribution in [-0.4, -0.2) is 12.4 Å². The predicted octanol–water partition coefficient (Wildman–Crippen LogP) is 4.34. The normalized spacial score (nSPS) is 20.2. The number of allylic oxidation sites excluding steroid dienone is 1. The summed E-state index contributed by atoms with van der Waals surface area (Å²) >= 11 is 0.812. The van der Waals surface area contributed by atoms with Crippen molar-refractivity contribution in [1.29, 1.82) is 0 Å². The predicted molar refractivity (Wildman–Crippen MR) is 91.5 cm³/mol. The van der Waals surface area contributed by atoms with E-state index in [1.54, 1.807) is 0 Å². The average molecular weight is 420 g/mol. The summed E-state index contributed by atoms with van der Waals surface area (Å²) in [4.78, 5) is 0. The first-order valence-corrected chi connectivity index (χ1v) is 21.1. The van der Waals surface area contributed by atoms with Gasteiger partial charge in [0.25, 0.3) is 0 Å². The van der Waals surface area contributed by atoms with Gasteiger partial charge in [0.2, 0.25) is 0 Å². The summed E-state index contributed by atoms with van der Waals surface area (Å²) in [6.07, 6.45) is 2.30. The molecule has 0 aliphatic heterocycles. The molecule has 0 aromatic heterocycles. The van der Waals surface area contributed by atoms with E-state index >= 15 is 0 Å². The largest absolute Gasteiger partial charge is 1.00 e. The molecule has 0 fully saturated rings. The molecule has 4 heteroatoms. The van der Waals surface area contributed by atoms with Crippen LogP contribution in [0.15, 0.2) is 28.7 Å². The summed E-state index contributed by atoms with van der Waals surface area (Å²) in [6.45, 7) is 9.09. The Morgan fingerprint density at radius 1 is 1.26 bits per heavy atom. The van der Waals surface area contributed by atoms with Crippen LogP contribution in [0.25, 0.3) is 6.08 Å². The van der Waals surface area contributed by atoms with E-state index in [1.807, 2.05) is 0 Å². The Hall–Kier alpha value is 0.500. The molecule has 0 bridgehead atoms. The molecule has 0 radical (unpaired) electrons. The van der Waals surface area contributed by atoms with Gasteiger partial charge in [-0.25, -0.2) is 0 Å². The van der Waals surface area contributed by atoms with Crippen molar-refractivity contribution in [2.45, 2.75) is 39.2 Å². The molecular weight excluding hydrogens is 393 g/mol. The smallest absolute Gasteiger partial charge is 1.00 e. The third-order valence-corrected chi connectivity index (χ3v) is 18.7. The Bertz CT molecular complexity index is 616. The average Bonchev–Trinajstić information content (AvgIpc) is 2.48. The second-order valence-electron chi connectivity index (χ2n) is 7.78. The maximum absolute atomic E-state index is 4.04. The van der Waals surface area contributed by atoms with Crippen LogP contribution in [0.3, 0.4) is 0 Å². The minimum atomic E-state index is -3.03. The van der Waals surface area contributed by atoms with Gasteiger partial charge in [-0.15, -0.1) is 0 Å². The summed E-state index contributed by atoms with van der Waals surface area (Å²) in [5.41, 5.74) is 3.05. The van der Waals surface area contributed by atoms with E-state index in [2.05, 4.69) is 86.4 Å². The van der Waals surface area contributed by atoms with Gasteiger partial charge in [0.1, 0.15) is 0 Å². The maximum Gasteiger partial charge on any atom is -1.00 e. The second kappa shape index (κ2) is 4.76. The fourth-order valence-corrected chi connectivity index (χ4v) is 27.8. The summed E-state index contributed by atoms with van der Waals surface area (Å²) in [6, 6.07) is 8.81. The number of hydrogen-bond acceptors (Lipinski definition) is 1. The molecule has 2 rings (SSSR count). The van der Waals surface area contributed by atoms with Gasteiger partial charge in [0.15, 0.2) is 0 Å². The van der Waals surface area contributed by atoms with E-state index in [0.29, 0.717) is 3.63 Å². The third kappa shape index (κ3) is 3.40. The fourth-order valence-electron chi connectivity index (χ4n) is 3.53. The first-order valence-electron chi connectivity index (χ1n) is 6.81. The van der Waals surface area contributed by atoms with Gasteiger partial charge in [-0.3, -0.25) is 0 Å². The molecule has 1 N–H and O–H groups in total. The van der Waals surface area contributed by atoms with Gasteiger partial charge in [0, 0.05) is 0 Å². The van der Waals surface area contributed by atoms with E-state index < -0.39 is 17.7 Å². The molecule has 0 spiro atoms. The molecule has 0 amide bonds. The molecule has 1 unspecified atom stereocenters. The molecule has 0 saturated heterocycles. The topological polar surface area (TPSA) is 12.0 Å². The quantitative estimate of drug-likeness (QED) is 0.704. The van der Waals surface area contributed by atoms with Crippen molar-refractivity contribution in [3.63, 3.8) is 0 Å². The Labute approximate surface area is 131 Å². The Morgan fingerprint density at radius 2 is 1.84 bits per heavy atom. The third-order valence-electron chi connectivity index (χ3n) is 3.59. The van der Waals surface area contributed by atoms with Crippen LogP contribution < -0.4 is 3.26 Å². The number of nitrogens with one attached hydrogen (secondary N) is 1. The van der Waals surface area contributed by atoms with Crippen molar-refractivity contribution < 1.29 is 20.5 Å². The van der Waals surface area contributed by atoms with Crippen LogP contribution in [0.1, 0.15) is 38.4 Å². The van der Waals surface area contributed by atoms with Crippen molar-refractivity contribution in [3.8, 4) is 0 Å². The molecule has 1 nitrogen and oxygen atoms in total. The van der Waals surface area contributed by atoms with Gasteiger partial charge >= 0.3 is 129 Å². The Morgan fingerprint density at radius 3 is 2.42 bits per heavy atom. The van der Waals surface area contributed by atoms with Gasteiger partial charge < -0.3 is 2.85 Å². The molecule has 1 aromatic carbocycles. The van der Waals surface area contributed by atoms with Crippen LogP contribution in [-0.2, 0) is 17.7 Å². The molecule has 0 saturated carbocycles. The first-order chi connectivity index (χ1) is 8.48. The van der Waals surface area contributed by atoms with Gasteiger partial charge in [-0.2, -0.15) is 0 Å². The van der Waals surface area contributed by atoms with E-state index in [0.717, 1.165) is 0 Å². The van der Waals surface area contributed by atoms with E-state index in [1.165, 1.54) is 15.6 Å². The molecule has 1 atom stereocenters. The zero-order valence-corrected chi connectivity index (χ0v) is 18.0. The number of rotatable bonds is 2. The summed E-state index contributed by atoms with van der Waals surface area (Å²) in [5.74, 6) is 0. The monoisotopic (exact) mass is 417 g/mol. The van der Waals surface area contributed by atoms with Crippen molar-refractivity contribution in [2.24, 2.45) is 0 Å². The van der Waals surface area contributed by atoms with Crippen LogP contribution in [0, 0.1) is 0 Å². The standard InChI is InChI=1S/C9H6Br.C4H10N.2CH3.H2Si.Zr.2H/c10-9-5-7-3-1-2-4-8(7)6-9;1-4(2,3)5;;;;;;/h1-6H;5H,1-3H3;2*1H3;1H2;;;/q;-1;;;;+1;2*-1. The van der Waals surface area contributed by atoms with Gasteiger partial charge in [-0.1, -0.05) is 0 Å². The van der Waals surface area contributed by atoms with Crippen molar-refractivity contribution in [2.75, 3.05) is 0 Å². The second-order valence-corrected chi connectivity index (χ2v) is 37.4. The number of benzene rings is 1. The molecule has 0 heterocycles. The maximum atomic E-state index is 4.04. The summed E-state index contributed by atoms with van der Waals surface area (Å²) < 4.78 is 11.0. The molecule has 108 valence electrons. The van der Waals surface area contributed by atoms with Crippen molar-refractivity contribution >= 4 is 28.9 Å². The van der Waals surface area contributed by atoms with E-state index in [4.69, 9.17) is 0 Å². The van der Waals surface area contributed by atoms with Gasteiger partial charge in [-0.05, 0) is 0 Å². The first kappa shape index (κ1) is 15.9. The minimum absolute atomic E-state index is 0. The number of fused-ring (bicyclic) bond motifs is 1. The van der Waals surface area contributed by atoms with E-state index in [-0.39, 0.29) is 8.39 Å². The van der Waals surface area contributed by atoms with Crippen LogP contribution in [0.5, 0.6) is 0 Å². The van der Waals surface area contributed by atoms with Gasteiger partial charge in [0.05, 0.1) is 0 Å². The zero-order valence-electron chi connectivity index (χ0n) is 14.5. The molecule has 1 aliphatic carbocycles. The Balaban J connectivity index is 0.00000200. The molecule has 1 aliphatic rings. The Kier molecular flexibility index (Phi) is 3.98. The summed E-state index contributed by atoms with van der Waals surface area (Å²) in [7, 11) is 0. The van der Waals surface area contributed by atoms with Crippen molar-refractivity contribution in [3.05, 3.63) is 39.9 Å². The minimum Gasteiger partial charge on any atom is -1.00 e. The molecular formula is C15H26BrNSiZr-2. The number of halogens is 1. The zero-order chi connectivity index (χ0) is 14.5. The molecule has 1 aromatic rings. The van der Waals surface area contributed by atoms with E-state index in [9.17, 15) is 0 Å². The number of hydrogen-bond donors (Lipinski definition) is 1. The molecule has 19 heavy (non-hydrogen) atoms. The van der Waals surface area contributed by atoms with Crippen LogP contribution in [0.2, 0.25) is 9.26 Å².